The van der Waals surface area contributed by atoms with Crippen LogP contribution in [0.2, 0.25) is 0 Å². The summed E-state index contributed by atoms with van der Waals surface area (Å²) in [5.41, 5.74) is 0.184. The maximum Gasteiger partial charge on any atom is 0.326 e. The molecular weight excluding hydrogens is 336 g/mol. The molecule has 1 aliphatic carbocycles. The van der Waals surface area contributed by atoms with Crippen molar-refractivity contribution in [1.82, 2.24) is 10.0 Å². The van der Waals surface area contributed by atoms with Gasteiger partial charge in [-0.2, -0.15) is 0 Å². The Kier molecular flexibility index (Phi) is 5.92. The normalized spacial score (nSPS) is 15.7. The Hall–Kier alpha value is -1.97. The predicted octanol–water partition coefficient (Wildman–Crippen LogP) is 0.347. The molecule has 1 aromatic carbocycles. The molecule has 0 aromatic heterocycles. The molecule has 1 aromatic rings. The number of carbonyl (C=O) groups is 2. The molecule has 132 valence electrons. The first kappa shape index (κ1) is 18.4. The molecule has 1 saturated carbocycles. The highest BCUT2D eigenvalue weighted by molar-refractivity contribution is 7.89. The first-order valence-electron chi connectivity index (χ1n) is 7.48. The number of aliphatic carboxylic acids is 1. The minimum Gasteiger partial charge on any atom is -0.480 e. The van der Waals surface area contributed by atoms with Gasteiger partial charge in [-0.25, -0.2) is 17.9 Å². The quantitative estimate of drug-likeness (QED) is 0.587. The maximum atomic E-state index is 12.1. The highest BCUT2D eigenvalue weighted by atomic mass is 32.2. The zero-order valence-electron chi connectivity index (χ0n) is 13.2. The summed E-state index contributed by atoms with van der Waals surface area (Å²) in [6.07, 6.45) is 1.80. The topological polar surface area (TPSA) is 122 Å². The average Bonchev–Trinajstić information content (AvgIpc) is 3.34. The van der Waals surface area contributed by atoms with Crippen molar-refractivity contribution in [3.63, 3.8) is 0 Å². The number of sulfonamides is 1. The number of methoxy groups -OCH3 is 1. The van der Waals surface area contributed by atoms with E-state index in [1.54, 1.807) is 0 Å². The Balaban J connectivity index is 2.03. The van der Waals surface area contributed by atoms with E-state index in [-0.39, 0.29) is 29.5 Å². The Labute approximate surface area is 140 Å². The summed E-state index contributed by atoms with van der Waals surface area (Å²) in [5, 5.41) is 11.5. The Morgan fingerprint density at radius 1 is 1.29 bits per heavy atom. The van der Waals surface area contributed by atoms with E-state index in [0.717, 1.165) is 12.8 Å². The zero-order chi connectivity index (χ0) is 17.7. The highest BCUT2D eigenvalue weighted by Crippen LogP contribution is 2.22. The average molecular weight is 356 g/mol. The molecule has 0 aliphatic heterocycles. The van der Waals surface area contributed by atoms with Crippen LogP contribution in [-0.2, 0) is 19.6 Å². The Morgan fingerprint density at radius 2 is 1.92 bits per heavy atom. The van der Waals surface area contributed by atoms with E-state index in [9.17, 15) is 18.0 Å². The van der Waals surface area contributed by atoms with Crippen LogP contribution in [0.4, 0.5) is 0 Å². The van der Waals surface area contributed by atoms with Crippen LogP contribution in [0.1, 0.15) is 29.6 Å². The number of ether oxygens (including phenoxy) is 1. The second-order valence-electron chi connectivity index (χ2n) is 5.57. The van der Waals surface area contributed by atoms with E-state index in [0.29, 0.717) is 0 Å². The van der Waals surface area contributed by atoms with Crippen LogP contribution in [0, 0.1) is 0 Å². The number of carbonyl (C=O) groups excluding carboxylic acids is 1. The van der Waals surface area contributed by atoms with Crippen LogP contribution < -0.4 is 10.0 Å². The van der Waals surface area contributed by atoms with E-state index in [1.807, 2.05) is 0 Å². The molecule has 3 N–H and O–H groups in total. The number of rotatable bonds is 9. The van der Waals surface area contributed by atoms with Gasteiger partial charge in [-0.1, -0.05) is 0 Å². The van der Waals surface area contributed by atoms with Crippen LogP contribution >= 0.6 is 0 Å². The smallest absolute Gasteiger partial charge is 0.326 e. The lowest BCUT2D eigenvalue weighted by atomic mass is 10.1. The summed E-state index contributed by atoms with van der Waals surface area (Å²) in [4.78, 5) is 23.3. The van der Waals surface area contributed by atoms with Crippen molar-refractivity contribution in [2.24, 2.45) is 0 Å². The fraction of sp³-hybridized carbons (Fsp3) is 0.467. The largest absolute Gasteiger partial charge is 0.480 e. The van der Waals surface area contributed by atoms with Gasteiger partial charge in [0.2, 0.25) is 10.0 Å². The van der Waals surface area contributed by atoms with Crippen molar-refractivity contribution in [2.75, 3.05) is 13.7 Å². The van der Waals surface area contributed by atoms with Crippen molar-refractivity contribution in [3.8, 4) is 0 Å². The van der Waals surface area contributed by atoms with E-state index in [1.165, 1.54) is 31.4 Å². The molecule has 1 amide bonds. The third-order valence-electron chi connectivity index (χ3n) is 3.54. The van der Waals surface area contributed by atoms with Gasteiger partial charge in [0.05, 0.1) is 4.90 Å². The molecule has 8 nitrogen and oxygen atoms in total. The number of benzene rings is 1. The molecule has 2 rings (SSSR count). The molecule has 1 unspecified atom stereocenters. The fourth-order valence-electron chi connectivity index (χ4n) is 2.01. The van der Waals surface area contributed by atoms with Gasteiger partial charge in [-0.3, -0.25) is 4.79 Å². The van der Waals surface area contributed by atoms with E-state index >= 15 is 0 Å². The monoisotopic (exact) mass is 356 g/mol. The van der Waals surface area contributed by atoms with Gasteiger partial charge >= 0.3 is 5.97 Å². The SMILES string of the molecule is COCCC(NC(=O)c1ccc(S(=O)(=O)NC2CC2)cc1)C(=O)O. The number of carboxylic acid groups (broad SMARTS) is 1. The highest BCUT2D eigenvalue weighted by Gasteiger charge is 2.28. The Morgan fingerprint density at radius 3 is 2.42 bits per heavy atom. The van der Waals surface area contributed by atoms with Gasteiger partial charge in [0.1, 0.15) is 6.04 Å². The van der Waals surface area contributed by atoms with Crippen LogP contribution in [0.25, 0.3) is 0 Å². The third kappa shape index (κ3) is 5.02. The summed E-state index contributed by atoms with van der Waals surface area (Å²) in [5.74, 6) is -1.74. The molecule has 0 radical (unpaired) electrons. The molecular formula is C15H20N2O6S. The van der Waals surface area contributed by atoms with Crippen LogP contribution in [-0.4, -0.2) is 51.2 Å². The Bertz CT molecular complexity index is 697. The van der Waals surface area contributed by atoms with Crippen molar-refractivity contribution < 1.29 is 27.9 Å². The summed E-state index contributed by atoms with van der Waals surface area (Å²) in [6, 6.07) is 4.28. The van der Waals surface area contributed by atoms with Gasteiger partial charge in [0, 0.05) is 31.7 Å². The number of amides is 1. The number of hydrogen-bond donors (Lipinski definition) is 3. The van der Waals surface area contributed by atoms with E-state index in [4.69, 9.17) is 9.84 Å². The molecule has 0 bridgehead atoms. The second-order valence-corrected chi connectivity index (χ2v) is 7.28. The maximum absolute atomic E-state index is 12.1. The number of carboxylic acids is 1. The van der Waals surface area contributed by atoms with E-state index < -0.39 is 27.9 Å². The lowest BCUT2D eigenvalue weighted by molar-refractivity contribution is -0.139. The molecule has 24 heavy (non-hydrogen) atoms. The van der Waals surface area contributed by atoms with E-state index in [2.05, 4.69) is 10.0 Å². The first-order valence-corrected chi connectivity index (χ1v) is 8.97. The fourth-order valence-corrected chi connectivity index (χ4v) is 3.31. The lowest BCUT2D eigenvalue weighted by Crippen LogP contribution is -2.41. The van der Waals surface area contributed by atoms with Gasteiger partial charge in [0.25, 0.3) is 5.91 Å². The minimum atomic E-state index is -3.58. The van der Waals surface area contributed by atoms with Crippen molar-refractivity contribution in [3.05, 3.63) is 29.8 Å². The standard InChI is InChI=1S/C15H20N2O6S/c1-23-9-8-13(15(19)20)16-14(18)10-2-6-12(7-3-10)24(21,22)17-11-4-5-11/h2-3,6-7,11,13,17H,4-5,8-9H2,1H3,(H,16,18)(H,19,20). The predicted molar refractivity (Wildman–Crippen MR) is 85.2 cm³/mol. The van der Waals surface area contributed by atoms with Crippen molar-refractivity contribution in [2.45, 2.75) is 36.2 Å². The lowest BCUT2D eigenvalue weighted by Gasteiger charge is -2.14. The molecule has 1 atom stereocenters. The molecule has 0 heterocycles. The summed E-state index contributed by atoms with van der Waals surface area (Å²) in [7, 11) is -2.14. The third-order valence-corrected chi connectivity index (χ3v) is 5.08. The second kappa shape index (κ2) is 7.73. The number of hydrogen-bond acceptors (Lipinski definition) is 5. The van der Waals surface area contributed by atoms with Crippen molar-refractivity contribution >= 4 is 21.9 Å². The van der Waals surface area contributed by atoms with Crippen molar-refractivity contribution in [1.29, 1.82) is 0 Å². The summed E-state index contributed by atoms with van der Waals surface area (Å²) < 4.78 is 31.4. The summed E-state index contributed by atoms with van der Waals surface area (Å²) >= 11 is 0. The molecule has 0 saturated heterocycles. The molecule has 9 heteroatoms. The first-order chi connectivity index (χ1) is 11.3. The molecule has 1 aliphatic rings. The minimum absolute atomic E-state index is 0.00455. The van der Waals surface area contributed by atoms with Gasteiger partial charge in [0.15, 0.2) is 0 Å². The van der Waals surface area contributed by atoms with Crippen LogP contribution in [0.15, 0.2) is 29.2 Å². The van der Waals surface area contributed by atoms with Gasteiger partial charge < -0.3 is 15.2 Å². The zero-order valence-corrected chi connectivity index (χ0v) is 14.0. The number of nitrogens with one attached hydrogen (secondary N) is 2. The van der Waals surface area contributed by atoms with Gasteiger partial charge in [-0.15, -0.1) is 0 Å². The summed E-state index contributed by atoms with van der Waals surface area (Å²) in [6.45, 7) is 0.196. The van der Waals surface area contributed by atoms with Gasteiger partial charge in [-0.05, 0) is 37.1 Å². The molecule has 1 fully saturated rings. The molecule has 0 spiro atoms. The van der Waals surface area contributed by atoms with Crippen LogP contribution in [0.3, 0.4) is 0 Å². The van der Waals surface area contributed by atoms with Crippen LogP contribution in [0.5, 0.6) is 0 Å².